The van der Waals surface area contributed by atoms with Gasteiger partial charge in [-0.25, -0.2) is 4.98 Å². The van der Waals surface area contributed by atoms with Gasteiger partial charge in [0.15, 0.2) is 0 Å². The van der Waals surface area contributed by atoms with E-state index in [1.165, 1.54) is 12.8 Å². The summed E-state index contributed by atoms with van der Waals surface area (Å²) in [6, 6.07) is 7.77. The van der Waals surface area contributed by atoms with Gasteiger partial charge in [0.1, 0.15) is 5.82 Å². The van der Waals surface area contributed by atoms with Crippen molar-refractivity contribution in [3.8, 4) is 0 Å². The summed E-state index contributed by atoms with van der Waals surface area (Å²) < 4.78 is 1.87. The molecular weight excluding hydrogens is 284 g/mol. The lowest BCUT2D eigenvalue weighted by molar-refractivity contribution is 0.279. The van der Waals surface area contributed by atoms with Gasteiger partial charge < -0.3 is 0 Å². The number of alkyl halides is 1. The average Bonchev–Trinajstić information content (AvgIpc) is 2.48. The van der Waals surface area contributed by atoms with E-state index in [0.717, 1.165) is 24.3 Å². The van der Waals surface area contributed by atoms with Crippen LogP contribution in [0.2, 0.25) is 0 Å². The highest BCUT2D eigenvalue weighted by Gasteiger charge is 2.25. The van der Waals surface area contributed by atoms with Gasteiger partial charge in [-0.2, -0.15) is 0 Å². The van der Waals surface area contributed by atoms with Crippen LogP contribution in [0.4, 0.5) is 0 Å². The molecular formula is C17H21ClN2O. The first-order valence-corrected chi connectivity index (χ1v) is 8.17. The fourth-order valence-electron chi connectivity index (χ4n) is 3.30. The summed E-state index contributed by atoms with van der Waals surface area (Å²) in [6.07, 6.45) is 4.41. The van der Waals surface area contributed by atoms with Crippen molar-refractivity contribution < 1.29 is 0 Å². The van der Waals surface area contributed by atoms with Gasteiger partial charge in [-0.05, 0) is 50.7 Å². The van der Waals surface area contributed by atoms with E-state index < -0.39 is 0 Å². The third kappa shape index (κ3) is 2.71. The first kappa shape index (κ1) is 14.6. The molecule has 0 radical (unpaired) electrons. The maximum absolute atomic E-state index is 12.9. The Morgan fingerprint density at radius 3 is 2.57 bits per heavy atom. The van der Waals surface area contributed by atoms with E-state index in [1.807, 2.05) is 35.8 Å². The molecule has 0 amide bonds. The van der Waals surface area contributed by atoms with Crippen LogP contribution in [0.15, 0.2) is 29.1 Å². The van der Waals surface area contributed by atoms with E-state index in [4.69, 9.17) is 11.6 Å². The predicted octanol–water partition coefficient (Wildman–Crippen LogP) is 4.45. The van der Waals surface area contributed by atoms with Crippen molar-refractivity contribution in [2.75, 3.05) is 0 Å². The van der Waals surface area contributed by atoms with Crippen LogP contribution in [0.5, 0.6) is 0 Å². The number of nitrogens with zero attached hydrogens (tertiary/aromatic N) is 2. The van der Waals surface area contributed by atoms with Crippen LogP contribution >= 0.6 is 11.6 Å². The highest BCUT2D eigenvalue weighted by Crippen LogP contribution is 2.33. The maximum Gasteiger partial charge on any atom is 0.261 e. The number of para-hydroxylation sites is 1. The molecule has 2 aromatic rings. The number of hydrogen-bond acceptors (Lipinski definition) is 2. The Morgan fingerprint density at radius 1 is 1.24 bits per heavy atom. The lowest BCUT2D eigenvalue weighted by Crippen LogP contribution is -2.31. The van der Waals surface area contributed by atoms with E-state index >= 15 is 0 Å². The molecule has 0 spiro atoms. The van der Waals surface area contributed by atoms with Gasteiger partial charge in [0.2, 0.25) is 0 Å². The Morgan fingerprint density at radius 2 is 1.90 bits per heavy atom. The van der Waals surface area contributed by atoms with Crippen molar-refractivity contribution in [2.24, 2.45) is 5.92 Å². The Hall–Kier alpha value is -1.35. The third-order valence-electron chi connectivity index (χ3n) is 4.54. The molecule has 4 heteroatoms. The van der Waals surface area contributed by atoms with Crippen LogP contribution in [-0.4, -0.2) is 9.55 Å². The van der Waals surface area contributed by atoms with Crippen LogP contribution in [-0.2, 0) is 0 Å². The van der Waals surface area contributed by atoms with Crippen LogP contribution in [0, 0.1) is 5.92 Å². The minimum absolute atomic E-state index is 0.0580. The largest absolute Gasteiger partial charge is 0.292 e. The topological polar surface area (TPSA) is 34.9 Å². The Bertz CT molecular complexity index is 699. The molecule has 1 aliphatic carbocycles. The fourth-order valence-corrected chi connectivity index (χ4v) is 3.45. The number of fused-ring (bicyclic) bond motifs is 1. The smallest absolute Gasteiger partial charge is 0.261 e. The maximum atomic E-state index is 12.9. The molecule has 0 aliphatic heterocycles. The third-order valence-corrected chi connectivity index (χ3v) is 4.74. The zero-order valence-electron chi connectivity index (χ0n) is 12.6. The number of halogens is 1. The van der Waals surface area contributed by atoms with Crippen molar-refractivity contribution in [3.63, 3.8) is 0 Å². The van der Waals surface area contributed by atoms with Gasteiger partial charge in [0, 0.05) is 6.04 Å². The minimum Gasteiger partial charge on any atom is -0.292 e. The molecule has 1 aromatic carbocycles. The summed E-state index contributed by atoms with van der Waals surface area (Å²) in [5, 5.41) is 0.429. The highest BCUT2D eigenvalue weighted by atomic mass is 35.5. The zero-order chi connectivity index (χ0) is 15.0. The Kier molecular flexibility index (Phi) is 4.03. The second-order valence-electron chi connectivity index (χ2n) is 6.19. The van der Waals surface area contributed by atoms with Crippen LogP contribution < -0.4 is 5.56 Å². The monoisotopic (exact) mass is 304 g/mol. The molecule has 1 atom stereocenters. The van der Waals surface area contributed by atoms with E-state index in [9.17, 15) is 4.79 Å². The summed E-state index contributed by atoms with van der Waals surface area (Å²) >= 11 is 6.31. The molecule has 21 heavy (non-hydrogen) atoms. The number of rotatable bonds is 2. The van der Waals surface area contributed by atoms with Gasteiger partial charge in [-0.3, -0.25) is 9.36 Å². The molecule has 3 nitrogen and oxygen atoms in total. The fraction of sp³-hybridized carbons (Fsp3) is 0.529. The van der Waals surface area contributed by atoms with Crippen LogP contribution in [0.25, 0.3) is 10.9 Å². The summed E-state index contributed by atoms with van der Waals surface area (Å²) in [6.45, 7) is 4.17. The normalized spacial score (nSPS) is 24.1. The zero-order valence-corrected chi connectivity index (χ0v) is 13.3. The van der Waals surface area contributed by atoms with E-state index in [2.05, 4.69) is 11.9 Å². The van der Waals surface area contributed by atoms with E-state index in [-0.39, 0.29) is 17.0 Å². The van der Waals surface area contributed by atoms with Crippen LogP contribution in [0.1, 0.15) is 56.8 Å². The molecule has 1 heterocycles. The molecule has 1 unspecified atom stereocenters. The van der Waals surface area contributed by atoms with Gasteiger partial charge in [0.25, 0.3) is 5.56 Å². The number of benzene rings is 1. The first-order chi connectivity index (χ1) is 10.1. The second-order valence-corrected chi connectivity index (χ2v) is 6.85. The van der Waals surface area contributed by atoms with Crippen molar-refractivity contribution >= 4 is 22.5 Å². The van der Waals surface area contributed by atoms with Gasteiger partial charge in [0.05, 0.1) is 16.3 Å². The quantitative estimate of drug-likeness (QED) is 0.768. The number of aromatic nitrogens is 2. The standard InChI is InChI=1S/C17H21ClN2O/c1-11-7-9-13(10-8-11)20-16(12(2)18)19-15-6-4-3-5-14(15)17(20)21/h3-6,11-13H,7-10H2,1-2H3. The Balaban J connectivity index is 2.17. The predicted molar refractivity (Wildman–Crippen MR) is 86.9 cm³/mol. The van der Waals surface area contributed by atoms with Crippen molar-refractivity contribution in [1.29, 1.82) is 0 Å². The molecule has 1 aliphatic rings. The molecule has 3 rings (SSSR count). The molecule has 0 bridgehead atoms. The summed E-state index contributed by atoms with van der Waals surface area (Å²) in [4.78, 5) is 17.6. The molecule has 1 saturated carbocycles. The first-order valence-electron chi connectivity index (χ1n) is 7.73. The summed E-state index contributed by atoms with van der Waals surface area (Å²) in [5.74, 6) is 1.46. The molecule has 112 valence electrons. The van der Waals surface area contributed by atoms with Crippen molar-refractivity contribution in [3.05, 3.63) is 40.4 Å². The van der Waals surface area contributed by atoms with Gasteiger partial charge in [-0.15, -0.1) is 11.6 Å². The molecule has 1 fully saturated rings. The molecule has 1 aromatic heterocycles. The van der Waals surface area contributed by atoms with Crippen molar-refractivity contribution in [2.45, 2.75) is 50.9 Å². The summed E-state index contributed by atoms with van der Waals surface area (Å²) in [5.41, 5.74) is 0.799. The number of hydrogen-bond donors (Lipinski definition) is 0. The lowest BCUT2D eigenvalue weighted by Gasteiger charge is -2.30. The highest BCUT2D eigenvalue weighted by molar-refractivity contribution is 6.20. The molecule has 0 N–H and O–H groups in total. The van der Waals surface area contributed by atoms with E-state index in [0.29, 0.717) is 11.2 Å². The van der Waals surface area contributed by atoms with Gasteiger partial charge in [-0.1, -0.05) is 19.1 Å². The van der Waals surface area contributed by atoms with Crippen LogP contribution in [0.3, 0.4) is 0 Å². The Labute approximate surface area is 130 Å². The van der Waals surface area contributed by atoms with Crippen molar-refractivity contribution in [1.82, 2.24) is 9.55 Å². The lowest BCUT2D eigenvalue weighted by atomic mass is 9.87. The summed E-state index contributed by atoms with van der Waals surface area (Å²) in [7, 11) is 0. The van der Waals surface area contributed by atoms with Gasteiger partial charge >= 0.3 is 0 Å². The van der Waals surface area contributed by atoms with E-state index in [1.54, 1.807) is 0 Å². The SMILES string of the molecule is CC1CCC(n2c(C(C)Cl)nc3ccccc3c2=O)CC1. The average molecular weight is 305 g/mol. The minimum atomic E-state index is -0.262. The second kappa shape index (κ2) is 5.80. The molecule has 0 saturated heterocycles.